The molecule has 4 aromatic rings. The van der Waals surface area contributed by atoms with E-state index in [4.69, 9.17) is 4.42 Å². The molecule has 1 aliphatic rings. The summed E-state index contributed by atoms with van der Waals surface area (Å²) in [4.78, 5) is 27.2. The number of furan rings is 1. The Bertz CT molecular complexity index is 1330. The Morgan fingerprint density at radius 2 is 1.88 bits per heavy atom. The first-order chi connectivity index (χ1) is 16.1. The molecule has 0 bridgehead atoms. The second-order valence-electron chi connectivity index (χ2n) is 8.21. The van der Waals surface area contributed by atoms with E-state index < -0.39 is 0 Å². The van der Waals surface area contributed by atoms with Crippen molar-refractivity contribution in [1.29, 1.82) is 0 Å². The van der Waals surface area contributed by atoms with Gasteiger partial charge in [-0.25, -0.2) is 4.39 Å². The third-order valence-electron chi connectivity index (χ3n) is 5.91. The van der Waals surface area contributed by atoms with Crippen LogP contribution in [0.5, 0.6) is 0 Å². The number of aryl methyl sites for hydroxylation is 1. The number of hydrogen-bond acceptors (Lipinski definition) is 4. The van der Waals surface area contributed by atoms with E-state index in [1.54, 1.807) is 6.07 Å². The van der Waals surface area contributed by atoms with Gasteiger partial charge < -0.3 is 15.1 Å². The van der Waals surface area contributed by atoms with Gasteiger partial charge in [-0.2, -0.15) is 0 Å². The van der Waals surface area contributed by atoms with Gasteiger partial charge in [0.15, 0.2) is 0 Å². The van der Waals surface area contributed by atoms with Gasteiger partial charge in [-0.1, -0.05) is 30.3 Å². The molecule has 0 radical (unpaired) electrons. The lowest BCUT2D eigenvalue weighted by atomic mass is 9.95. The first-order valence-corrected chi connectivity index (χ1v) is 11.8. The number of anilines is 1. The van der Waals surface area contributed by atoms with E-state index >= 15 is 0 Å². The number of hydrogen-bond donors (Lipinski definition) is 2. The van der Waals surface area contributed by atoms with E-state index in [9.17, 15) is 14.0 Å². The van der Waals surface area contributed by atoms with Gasteiger partial charge in [0.25, 0.3) is 5.91 Å². The summed E-state index contributed by atoms with van der Waals surface area (Å²) in [6.45, 7) is 0.421. The van der Waals surface area contributed by atoms with Gasteiger partial charge in [0.05, 0.1) is 18.2 Å². The zero-order valence-electron chi connectivity index (χ0n) is 17.9. The lowest BCUT2D eigenvalue weighted by Gasteiger charge is -2.13. The van der Waals surface area contributed by atoms with E-state index in [-0.39, 0.29) is 24.1 Å². The fourth-order valence-corrected chi connectivity index (χ4v) is 5.60. The highest BCUT2D eigenvalue weighted by molar-refractivity contribution is 7.17. The van der Waals surface area contributed by atoms with E-state index in [0.29, 0.717) is 33.6 Å². The Hall–Kier alpha value is -3.45. The number of fused-ring (bicyclic) bond motifs is 2. The maximum absolute atomic E-state index is 13.7. The monoisotopic (exact) mass is 462 g/mol. The summed E-state index contributed by atoms with van der Waals surface area (Å²) >= 11 is 1.48. The molecule has 0 saturated carbocycles. The summed E-state index contributed by atoms with van der Waals surface area (Å²) < 4.78 is 19.1. The molecular weight excluding hydrogens is 439 g/mol. The average molecular weight is 463 g/mol. The Labute approximate surface area is 194 Å². The third kappa shape index (κ3) is 4.54. The van der Waals surface area contributed by atoms with Crippen LogP contribution in [0.25, 0.3) is 11.0 Å². The van der Waals surface area contributed by atoms with E-state index in [1.165, 1.54) is 29.7 Å². The second-order valence-corrected chi connectivity index (χ2v) is 9.31. The van der Waals surface area contributed by atoms with Crippen LogP contribution in [-0.2, 0) is 30.6 Å². The van der Waals surface area contributed by atoms with Crippen molar-refractivity contribution in [2.24, 2.45) is 0 Å². The fraction of sp³-hybridized carbons (Fsp3) is 0.231. The van der Waals surface area contributed by atoms with Crippen LogP contribution in [0.3, 0.4) is 0 Å². The summed E-state index contributed by atoms with van der Waals surface area (Å²) in [5.41, 5.74) is 3.77. The van der Waals surface area contributed by atoms with Crippen LogP contribution < -0.4 is 10.6 Å². The molecule has 168 valence electrons. The Kier molecular flexibility index (Phi) is 5.96. The molecular formula is C26H23FN2O3S. The van der Waals surface area contributed by atoms with Gasteiger partial charge in [0.2, 0.25) is 5.91 Å². The van der Waals surface area contributed by atoms with E-state index in [0.717, 1.165) is 41.7 Å². The summed E-state index contributed by atoms with van der Waals surface area (Å²) in [5, 5.41) is 7.11. The minimum Gasteiger partial charge on any atom is -0.464 e. The van der Waals surface area contributed by atoms with Crippen molar-refractivity contribution in [3.63, 3.8) is 0 Å². The molecule has 5 rings (SSSR count). The van der Waals surface area contributed by atoms with Crippen LogP contribution in [0.4, 0.5) is 9.39 Å². The SMILES string of the molecule is O=C(Cc1coc2ccc(F)cc12)Nc1sc2c(c1C(=O)NCc1ccccc1)CCCC2. The van der Waals surface area contributed by atoms with Crippen molar-refractivity contribution in [1.82, 2.24) is 5.32 Å². The molecule has 0 aliphatic heterocycles. The standard InChI is InChI=1S/C26H23FN2O3S/c27-18-10-11-21-20(13-18)17(15-32-21)12-23(30)29-26-24(19-8-4-5-9-22(19)33-26)25(31)28-14-16-6-2-1-3-7-16/h1-3,6-7,10-11,13,15H,4-5,8-9,12,14H2,(H,28,31)(H,29,30). The zero-order chi connectivity index (χ0) is 22.8. The number of benzene rings is 2. The maximum atomic E-state index is 13.7. The molecule has 2 aromatic carbocycles. The van der Waals surface area contributed by atoms with Crippen LogP contribution in [0.15, 0.2) is 59.2 Å². The molecule has 2 N–H and O–H groups in total. The minimum atomic E-state index is -0.381. The zero-order valence-corrected chi connectivity index (χ0v) is 18.8. The van der Waals surface area contributed by atoms with Crippen molar-refractivity contribution < 1.29 is 18.4 Å². The van der Waals surface area contributed by atoms with Crippen molar-refractivity contribution in [2.75, 3.05) is 5.32 Å². The summed E-state index contributed by atoms with van der Waals surface area (Å²) in [7, 11) is 0. The number of carbonyl (C=O) groups is 2. The minimum absolute atomic E-state index is 0.0318. The molecule has 0 fully saturated rings. The first kappa shape index (κ1) is 21.4. The summed E-state index contributed by atoms with van der Waals surface area (Å²) in [6, 6.07) is 14.0. The maximum Gasteiger partial charge on any atom is 0.254 e. The normalized spacial score (nSPS) is 13.0. The highest BCUT2D eigenvalue weighted by Gasteiger charge is 2.26. The van der Waals surface area contributed by atoms with Crippen LogP contribution in [-0.4, -0.2) is 11.8 Å². The van der Waals surface area contributed by atoms with Crippen LogP contribution in [0.1, 0.15) is 44.8 Å². The number of carbonyl (C=O) groups excluding carboxylic acids is 2. The van der Waals surface area contributed by atoms with E-state index in [1.807, 2.05) is 30.3 Å². The number of thiophene rings is 1. The predicted molar refractivity (Wildman–Crippen MR) is 127 cm³/mol. The Morgan fingerprint density at radius 3 is 2.73 bits per heavy atom. The van der Waals surface area contributed by atoms with Gasteiger partial charge in [-0.05, 0) is 55.0 Å². The molecule has 2 aromatic heterocycles. The molecule has 2 heterocycles. The predicted octanol–water partition coefficient (Wildman–Crippen LogP) is 5.62. The highest BCUT2D eigenvalue weighted by Crippen LogP contribution is 2.38. The molecule has 5 nitrogen and oxygen atoms in total. The molecule has 0 unspecified atom stereocenters. The third-order valence-corrected chi connectivity index (χ3v) is 7.12. The van der Waals surface area contributed by atoms with E-state index in [2.05, 4.69) is 10.6 Å². The quantitative estimate of drug-likeness (QED) is 0.390. The Balaban J connectivity index is 1.37. The number of halogens is 1. The van der Waals surface area contributed by atoms with Gasteiger partial charge in [-0.15, -0.1) is 11.3 Å². The number of amides is 2. The van der Waals surface area contributed by atoms with Crippen molar-refractivity contribution in [2.45, 2.75) is 38.6 Å². The van der Waals surface area contributed by atoms with Gasteiger partial charge in [-0.3, -0.25) is 9.59 Å². The average Bonchev–Trinajstić information content (AvgIpc) is 3.38. The molecule has 0 saturated heterocycles. The van der Waals surface area contributed by atoms with Gasteiger partial charge in [0.1, 0.15) is 16.4 Å². The fourth-order valence-electron chi connectivity index (χ4n) is 4.30. The number of nitrogens with one attached hydrogen (secondary N) is 2. The first-order valence-electron chi connectivity index (χ1n) is 11.0. The van der Waals surface area contributed by atoms with Crippen molar-refractivity contribution in [3.8, 4) is 0 Å². The second kappa shape index (κ2) is 9.19. The smallest absolute Gasteiger partial charge is 0.254 e. The van der Waals surface area contributed by atoms with Crippen LogP contribution in [0.2, 0.25) is 0 Å². The largest absolute Gasteiger partial charge is 0.464 e. The van der Waals surface area contributed by atoms with Gasteiger partial charge in [0, 0.05) is 22.4 Å². The van der Waals surface area contributed by atoms with Crippen molar-refractivity contribution >= 4 is 39.1 Å². The van der Waals surface area contributed by atoms with Crippen LogP contribution >= 0.6 is 11.3 Å². The molecule has 7 heteroatoms. The van der Waals surface area contributed by atoms with Crippen LogP contribution in [0, 0.1) is 5.82 Å². The molecule has 1 aliphatic carbocycles. The van der Waals surface area contributed by atoms with Crippen molar-refractivity contribution in [3.05, 3.63) is 87.7 Å². The summed E-state index contributed by atoms with van der Waals surface area (Å²) in [6.07, 6.45) is 5.38. The topological polar surface area (TPSA) is 71.3 Å². The number of rotatable bonds is 6. The lowest BCUT2D eigenvalue weighted by molar-refractivity contribution is -0.115. The highest BCUT2D eigenvalue weighted by atomic mass is 32.1. The van der Waals surface area contributed by atoms with Gasteiger partial charge >= 0.3 is 0 Å². The molecule has 0 atom stereocenters. The molecule has 33 heavy (non-hydrogen) atoms. The lowest BCUT2D eigenvalue weighted by Crippen LogP contribution is -2.25. The molecule has 2 amide bonds. The molecule has 0 spiro atoms. The summed E-state index contributed by atoms with van der Waals surface area (Å²) in [5.74, 6) is -0.823. The Morgan fingerprint density at radius 1 is 1.06 bits per heavy atom.